The van der Waals surface area contributed by atoms with Gasteiger partial charge in [-0.1, -0.05) is 11.2 Å². The number of hydrogen-bond acceptors (Lipinski definition) is 6. The van der Waals surface area contributed by atoms with Crippen LogP contribution in [-0.4, -0.2) is 27.6 Å². The van der Waals surface area contributed by atoms with Gasteiger partial charge in [0.05, 0.1) is 6.54 Å². The smallest absolute Gasteiger partial charge is 0.270 e. The molecule has 94 valence electrons. The largest absolute Gasteiger partial charge is 0.370 e. The van der Waals surface area contributed by atoms with Gasteiger partial charge in [-0.15, -0.1) is 0 Å². The van der Waals surface area contributed by atoms with Gasteiger partial charge in [0.2, 0.25) is 6.39 Å². The summed E-state index contributed by atoms with van der Waals surface area (Å²) in [5, 5.41) is 9.29. The average Bonchev–Trinajstić information content (AvgIpc) is 2.90. The highest BCUT2D eigenvalue weighted by Crippen LogP contribution is 2.04. The zero-order valence-electron chi connectivity index (χ0n) is 9.88. The average molecular weight is 247 g/mol. The van der Waals surface area contributed by atoms with Crippen LogP contribution in [0.1, 0.15) is 23.2 Å². The van der Waals surface area contributed by atoms with Crippen molar-refractivity contribution in [2.45, 2.75) is 13.5 Å². The number of anilines is 1. The molecule has 2 N–H and O–H groups in total. The molecule has 0 saturated carbocycles. The minimum absolute atomic E-state index is 0.211. The monoisotopic (exact) mass is 247 g/mol. The first-order chi connectivity index (χ1) is 8.79. The maximum Gasteiger partial charge on any atom is 0.270 e. The highest BCUT2D eigenvalue weighted by molar-refractivity contribution is 5.92. The summed E-state index contributed by atoms with van der Waals surface area (Å²) in [6.45, 7) is 2.92. The maximum atomic E-state index is 11.8. The molecule has 7 heteroatoms. The molecule has 7 nitrogen and oxygen atoms in total. The molecular weight excluding hydrogens is 234 g/mol. The summed E-state index contributed by atoms with van der Waals surface area (Å²) < 4.78 is 4.57. The van der Waals surface area contributed by atoms with Crippen LogP contribution in [0.25, 0.3) is 0 Å². The second kappa shape index (κ2) is 5.76. The molecular formula is C11H13N5O2. The van der Waals surface area contributed by atoms with Gasteiger partial charge in [-0.05, 0) is 19.1 Å². The molecule has 0 unspecified atom stereocenters. The Kier molecular flexibility index (Phi) is 3.85. The predicted octanol–water partition coefficient (Wildman–Crippen LogP) is 0.826. The summed E-state index contributed by atoms with van der Waals surface area (Å²) in [6, 6.07) is 5.22. The standard InChI is InChI=1S/C11H13N5O2/c1-2-12-9-5-3-4-8(15-9)11(17)13-6-10-14-7-18-16-10/h3-5,7H,2,6H2,1H3,(H,12,15)(H,13,17). The van der Waals surface area contributed by atoms with E-state index in [1.165, 1.54) is 6.39 Å². The van der Waals surface area contributed by atoms with Crippen LogP contribution in [0, 0.1) is 0 Å². The van der Waals surface area contributed by atoms with E-state index in [0.717, 1.165) is 6.54 Å². The Morgan fingerprint density at radius 2 is 2.33 bits per heavy atom. The highest BCUT2D eigenvalue weighted by Gasteiger charge is 2.08. The van der Waals surface area contributed by atoms with E-state index in [1.54, 1.807) is 18.2 Å². The molecule has 0 aliphatic rings. The van der Waals surface area contributed by atoms with E-state index in [4.69, 9.17) is 0 Å². The second-order valence-corrected chi connectivity index (χ2v) is 3.47. The van der Waals surface area contributed by atoms with Crippen molar-refractivity contribution in [3.8, 4) is 0 Å². The topological polar surface area (TPSA) is 92.9 Å². The molecule has 2 rings (SSSR count). The summed E-state index contributed by atoms with van der Waals surface area (Å²) in [5.41, 5.74) is 0.344. The van der Waals surface area contributed by atoms with E-state index in [9.17, 15) is 4.79 Å². The Morgan fingerprint density at radius 1 is 1.44 bits per heavy atom. The number of pyridine rings is 1. The Morgan fingerprint density at radius 3 is 3.06 bits per heavy atom. The van der Waals surface area contributed by atoms with Gasteiger partial charge in [-0.3, -0.25) is 4.79 Å². The van der Waals surface area contributed by atoms with Crippen LogP contribution in [0.2, 0.25) is 0 Å². The number of hydrogen-bond donors (Lipinski definition) is 2. The molecule has 0 aliphatic heterocycles. The molecule has 18 heavy (non-hydrogen) atoms. The third kappa shape index (κ3) is 3.03. The lowest BCUT2D eigenvalue weighted by Crippen LogP contribution is -2.24. The van der Waals surface area contributed by atoms with Crippen molar-refractivity contribution in [2.24, 2.45) is 0 Å². The van der Waals surface area contributed by atoms with Gasteiger partial charge >= 0.3 is 0 Å². The molecule has 0 spiro atoms. The fraction of sp³-hybridized carbons (Fsp3) is 0.273. The van der Waals surface area contributed by atoms with Gasteiger partial charge in [0.15, 0.2) is 5.82 Å². The van der Waals surface area contributed by atoms with Gasteiger partial charge in [-0.2, -0.15) is 4.98 Å². The summed E-state index contributed by atoms with van der Waals surface area (Å²) in [5.74, 6) is 0.815. The molecule has 0 bridgehead atoms. The van der Waals surface area contributed by atoms with Crippen LogP contribution >= 0.6 is 0 Å². The lowest BCUT2D eigenvalue weighted by molar-refractivity contribution is 0.0945. The fourth-order valence-electron chi connectivity index (χ4n) is 1.36. The quantitative estimate of drug-likeness (QED) is 0.812. The molecule has 0 aromatic carbocycles. The molecule has 0 atom stereocenters. The van der Waals surface area contributed by atoms with Gasteiger partial charge in [0, 0.05) is 6.54 Å². The number of nitrogens with one attached hydrogen (secondary N) is 2. The van der Waals surface area contributed by atoms with E-state index >= 15 is 0 Å². The molecule has 0 radical (unpaired) electrons. The van der Waals surface area contributed by atoms with Crippen molar-refractivity contribution in [2.75, 3.05) is 11.9 Å². The van der Waals surface area contributed by atoms with Crippen molar-refractivity contribution < 1.29 is 9.32 Å². The first-order valence-electron chi connectivity index (χ1n) is 5.54. The van der Waals surface area contributed by atoms with E-state index in [0.29, 0.717) is 17.3 Å². The van der Waals surface area contributed by atoms with Crippen LogP contribution in [0.5, 0.6) is 0 Å². The van der Waals surface area contributed by atoms with Crippen molar-refractivity contribution in [1.29, 1.82) is 0 Å². The molecule has 0 aliphatic carbocycles. The Bertz CT molecular complexity index is 512. The zero-order chi connectivity index (χ0) is 12.8. The predicted molar refractivity (Wildman–Crippen MR) is 63.9 cm³/mol. The minimum atomic E-state index is -0.278. The second-order valence-electron chi connectivity index (χ2n) is 3.47. The molecule has 2 heterocycles. The van der Waals surface area contributed by atoms with Crippen LogP contribution in [0.15, 0.2) is 29.1 Å². The maximum absolute atomic E-state index is 11.8. The van der Waals surface area contributed by atoms with Gasteiger partial charge in [-0.25, -0.2) is 4.98 Å². The number of amides is 1. The fourth-order valence-corrected chi connectivity index (χ4v) is 1.36. The van der Waals surface area contributed by atoms with Crippen LogP contribution in [0.4, 0.5) is 5.82 Å². The van der Waals surface area contributed by atoms with Crippen LogP contribution in [0.3, 0.4) is 0 Å². The van der Waals surface area contributed by atoms with Crippen molar-refractivity contribution in [3.05, 3.63) is 36.1 Å². The Hall–Kier alpha value is -2.44. The third-order valence-corrected chi connectivity index (χ3v) is 2.15. The lowest BCUT2D eigenvalue weighted by atomic mass is 10.3. The highest BCUT2D eigenvalue weighted by atomic mass is 16.5. The van der Waals surface area contributed by atoms with E-state index in [-0.39, 0.29) is 12.5 Å². The number of aromatic nitrogens is 3. The first-order valence-corrected chi connectivity index (χ1v) is 5.54. The van der Waals surface area contributed by atoms with Crippen molar-refractivity contribution in [1.82, 2.24) is 20.4 Å². The first kappa shape index (κ1) is 12.0. The summed E-state index contributed by atoms with van der Waals surface area (Å²) >= 11 is 0. The molecule has 1 amide bonds. The molecule has 0 saturated heterocycles. The molecule has 2 aromatic heterocycles. The summed E-state index contributed by atoms with van der Waals surface area (Å²) in [4.78, 5) is 19.8. The van der Waals surface area contributed by atoms with Gasteiger partial charge < -0.3 is 15.2 Å². The SMILES string of the molecule is CCNc1cccc(C(=O)NCc2ncon2)n1. The number of nitrogens with zero attached hydrogens (tertiary/aromatic N) is 3. The number of carbonyl (C=O) groups is 1. The zero-order valence-corrected chi connectivity index (χ0v) is 9.88. The van der Waals surface area contributed by atoms with Crippen molar-refractivity contribution >= 4 is 11.7 Å². The summed E-state index contributed by atoms with van der Waals surface area (Å²) in [6.07, 6.45) is 1.21. The summed E-state index contributed by atoms with van der Waals surface area (Å²) in [7, 11) is 0. The number of carbonyl (C=O) groups excluding carboxylic acids is 1. The minimum Gasteiger partial charge on any atom is -0.370 e. The third-order valence-electron chi connectivity index (χ3n) is 2.15. The van der Waals surface area contributed by atoms with Crippen LogP contribution < -0.4 is 10.6 Å². The van der Waals surface area contributed by atoms with E-state index < -0.39 is 0 Å². The van der Waals surface area contributed by atoms with Crippen LogP contribution in [-0.2, 0) is 6.54 Å². The molecule has 2 aromatic rings. The molecule has 0 fully saturated rings. The normalized spacial score (nSPS) is 10.1. The Balaban J connectivity index is 1.97. The van der Waals surface area contributed by atoms with Crippen molar-refractivity contribution in [3.63, 3.8) is 0 Å². The van der Waals surface area contributed by atoms with E-state index in [1.807, 2.05) is 6.92 Å². The number of rotatable bonds is 5. The lowest BCUT2D eigenvalue weighted by Gasteiger charge is -2.05. The van der Waals surface area contributed by atoms with E-state index in [2.05, 4.69) is 30.3 Å². The van der Waals surface area contributed by atoms with Gasteiger partial charge in [0.1, 0.15) is 11.5 Å². The van der Waals surface area contributed by atoms with Gasteiger partial charge in [0.25, 0.3) is 5.91 Å². The Labute approximate surface area is 104 Å².